The first-order valence-corrected chi connectivity index (χ1v) is 7.73. The van der Waals surface area contributed by atoms with E-state index in [1.807, 2.05) is 25.1 Å². The Morgan fingerprint density at radius 1 is 1.28 bits per heavy atom. The summed E-state index contributed by atoms with van der Waals surface area (Å²) in [6.45, 7) is 1.87. The summed E-state index contributed by atoms with van der Waals surface area (Å²) >= 11 is 0. The Balaban J connectivity index is 1.64. The molecule has 0 amide bonds. The molecule has 6 nitrogen and oxygen atoms in total. The Hall–Kier alpha value is -2.93. The van der Waals surface area contributed by atoms with Gasteiger partial charge in [0.25, 0.3) is 0 Å². The number of halogens is 1. The maximum Gasteiger partial charge on any atom is 0.437 e. The van der Waals surface area contributed by atoms with Crippen molar-refractivity contribution in [2.24, 2.45) is 0 Å². The first-order valence-electron chi connectivity index (χ1n) is 7.73. The molecular formula is C18H17FN2O4. The van der Waals surface area contributed by atoms with Gasteiger partial charge in [-0.15, -0.1) is 5.10 Å². The predicted octanol–water partition coefficient (Wildman–Crippen LogP) is 2.39. The molecule has 1 aromatic heterocycles. The lowest BCUT2D eigenvalue weighted by molar-refractivity contribution is 0.0875. The van der Waals surface area contributed by atoms with Crippen molar-refractivity contribution < 1.29 is 18.7 Å². The summed E-state index contributed by atoms with van der Waals surface area (Å²) in [6.07, 6.45) is -0.940. The zero-order chi connectivity index (χ0) is 17.8. The Bertz CT molecular complexity index is 902. The lowest BCUT2D eigenvalue weighted by atomic mass is 10.2. The molecule has 25 heavy (non-hydrogen) atoms. The molecule has 0 saturated carbocycles. The van der Waals surface area contributed by atoms with Gasteiger partial charge in [0.05, 0.1) is 6.54 Å². The van der Waals surface area contributed by atoms with Gasteiger partial charge in [0.2, 0.25) is 5.89 Å². The van der Waals surface area contributed by atoms with E-state index in [1.165, 1.54) is 24.3 Å². The molecule has 1 unspecified atom stereocenters. The highest BCUT2D eigenvalue weighted by Crippen LogP contribution is 2.16. The van der Waals surface area contributed by atoms with Crippen LogP contribution in [0.3, 0.4) is 0 Å². The number of aryl methyl sites for hydroxylation is 1. The van der Waals surface area contributed by atoms with Gasteiger partial charge < -0.3 is 14.3 Å². The molecule has 0 aliphatic heterocycles. The maximum absolute atomic E-state index is 12.9. The number of ether oxygens (including phenoxy) is 1. The van der Waals surface area contributed by atoms with Crippen LogP contribution in [-0.4, -0.2) is 27.6 Å². The maximum atomic E-state index is 12.9. The molecule has 3 rings (SSSR count). The van der Waals surface area contributed by atoms with Crippen LogP contribution < -0.4 is 10.5 Å². The van der Waals surface area contributed by atoms with Crippen LogP contribution in [0, 0.1) is 12.7 Å². The zero-order valence-corrected chi connectivity index (χ0v) is 13.6. The Morgan fingerprint density at radius 3 is 2.76 bits per heavy atom. The Kier molecular flexibility index (Phi) is 4.95. The van der Waals surface area contributed by atoms with Crippen LogP contribution in [0.15, 0.2) is 57.7 Å². The highest BCUT2D eigenvalue weighted by molar-refractivity contribution is 5.51. The predicted molar refractivity (Wildman–Crippen MR) is 88.8 cm³/mol. The summed E-state index contributed by atoms with van der Waals surface area (Å²) in [5, 5.41) is 14.1. The summed E-state index contributed by atoms with van der Waals surface area (Å²) < 4.78 is 24.5. The molecule has 0 aliphatic carbocycles. The molecule has 130 valence electrons. The van der Waals surface area contributed by atoms with E-state index in [2.05, 4.69) is 5.10 Å². The van der Waals surface area contributed by atoms with Crippen molar-refractivity contribution in [3.8, 4) is 17.2 Å². The molecule has 2 aromatic carbocycles. The van der Waals surface area contributed by atoms with E-state index >= 15 is 0 Å². The van der Waals surface area contributed by atoms with Crippen LogP contribution in [0.25, 0.3) is 11.5 Å². The number of hydrogen-bond acceptors (Lipinski definition) is 5. The number of nitrogens with zero attached hydrogens (tertiary/aromatic N) is 2. The molecule has 0 bridgehead atoms. The Labute approximate surface area is 143 Å². The first kappa shape index (κ1) is 16.9. The summed E-state index contributed by atoms with van der Waals surface area (Å²) in [5.41, 5.74) is 1.52. The highest BCUT2D eigenvalue weighted by atomic mass is 19.1. The minimum Gasteiger partial charge on any atom is -0.491 e. The average molecular weight is 344 g/mol. The van der Waals surface area contributed by atoms with Crippen molar-refractivity contribution >= 4 is 0 Å². The van der Waals surface area contributed by atoms with E-state index in [-0.39, 0.29) is 19.0 Å². The average Bonchev–Trinajstić information content (AvgIpc) is 2.94. The molecule has 0 radical (unpaired) electrons. The SMILES string of the molecule is Cc1cccc(OCC(O)Cn2nc(-c3ccc(F)cc3)oc2=O)c1. The second-order valence-electron chi connectivity index (χ2n) is 5.64. The van der Waals surface area contributed by atoms with Crippen LogP contribution in [-0.2, 0) is 6.54 Å². The molecule has 7 heteroatoms. The molecule has 0 spiro atoms. The number of hydrogen-bond donors (Lipinski definition) is 1. The summed E-state index contributed by atoms with van der Waals surface area (Å²) in [4.78, 5) is 11.8. The largest absolute Gasteiger partial charge is 0.491 e. The number of aromatic nitrogens is 2. The van der Waals surface area contributed by atoms with Gasteiger partial charge >= 0.3 is 5.76 Å². The fraction of sp³-hybridized carbons (Fsp3) is 0.222. The van der Waals surface area contributed by atoms with E-state index in [4.69, 9.17) is 9.15 Å². The van der Waals surface area contributed by atoms with Crippen LogP contribution in [0.1, 0.15) is 5.56 Å². The van der Waals surface area contributed by atoms with E-state index in [0.29, 0.717) is 11.3 Å². The standard InChI is InChI=1S/C18H17FN2O4/c1-12-3-2-4-16(9-12)24-11-15(22)10-21-18(23)25-17(20-21)13-5-7-14(19)8-6-13/h2-9,15,22H,10-11H2,1H3. The normalized spacial score (nSPS) is 12.1. The van der Waals surface area contributed by atoms with E-state index in [9.17, 15) is 14.3 Å². The van der Waals surface area contributed by atoms with Gasteiger partial charge in [0, 0.05) is 5.56 Å². The van der Waals surface area contributed by atoms with Crippen LogP contribution in [0.4, 0.5) is 4.39 Å². The van der Waals surface area contributed by atoms with Crippen molar-refractivity contribution in [1.29, 1.82) is 0 Å². The molecule has 0 aliphatic rings. The number of aliphatic hydroxyl groups excluding tert-OH is 1. The second-order valence-corrected chi connectivity index (χ2v) is 5.64. The van der Waals surface area contributed by atoms with Gasteiger partial charge in [-0.25, -0.2) is 9.18 Å². The van der Waals surface area contributed by atoms with Gasteiger partial charge in [-0.3, -0.25) is 0 Å². The molecular weight excluding hydrogens is 327 g/mol. The van der Waals surface area contributed by atoms with Gasteiger partial charge in [-0.05, 0) is 48.9 Å². The van der Waals surface area contributed by atoms with Crippen molar-refractivity contribution in [1.82, 2.24) is 9.78 Å². The molecule has 1 N–H and O–H groups in total. The van der Waals surface area contributed by atoms with Crippen LogP contribution >= 0.6 is 0 Å². The number of rotatable bonds is 6. The molecule has 1 atom stereocenters. The molecule has 0 fully saturated rings. The monoisotopic (exact) mass is 344 g/mol. The van der Waals surface area contributed by atoms with E-state index in [0.717, 1.165) is 10.2 Å². The number of benzene rings is 2. The summed E-state index contributed by atoms with van der Waals surface area (Å²) in [5.74, 6) is -0.390. The number of aliphatic hydroxyl groups is 1. The van der Waals surface area contributed by atoms with E-state index < -0.39 is 17.7 Å². The van der Waals surface area contributed by atoms with E-state index in [1.54, 1.807) is 6.07 Å². The zero-order valence-electron chi connectivity index (χ0n) is 13.6. The van der Waals surface area contributed by atoms with Crippen molar-refractivity contribution in [2.75, 3.05) is 6.61 Å². The Morgan fingerprint density at radius 2 is 2.04 bits per heavy atom. The minimum absolute atomic E-state index is 0.00857. The second kappa shape index (κ2) is 7.31. The minimum atomic E-state index is -0.940. The van der Waals surface area contributed by atoms with Crippen molar-refractivity contribution in [2.45, 2.75) is 19.6 Å². The van der Waals surface area contributed by atoms with Crippen molar-refractivity contribution in [3.05, 3.63) is 70.5 Å². The third-order valence-corrected chi connectivity index (χ3v) is 3.51. The third-order valence-electron chi connectivity index (χ3n) is 3.51. The summed E-state index contributed by atoms with van der Waals surface area (Å²) in [7, 11) is 0. The van der Waals surface area contributed by atoms with Crippen molar-refractivity contribution in [3.63, 3.8) is 0 Å². The third kappa shape index (κ3) is 4.33. The summed E-state index contributed by atoms with van der Waals surface area (Å²) in [6, 6.07) is 12.8. The first-order chi connectivity index (χ1) is 12.0. The van der Waals surface area contributed by atoms with Gasteiger partial charge in [-0.2, -0.15) is 4.68 Å². The lowest BCUT2D eigenvalue weighted by Gasteiger charge is -2.11. The fourth-order valence-electron chi connectivity index (χ4n) is 2.28. The highest BCUT2D eigenvalue weighted by Gasteiger charge is 2.14. The topological polar surface area (TPSA) is 77.5 Å². The molecule has 1 heterocycles. The van der Waals surface area contributed by atoms with Crippen LogP contribution in [0.2, 0.25) is 0 Å². The quantitative estimate of drug-likeness (QED) is 0.743. The van der Waals surface area contributed by atoms with Gasteiger partial charge in [-0.1, -0.05) is 12.1 Å². The smallest absolute Gasteiger partial charge is 0.437 e. The van der Waals surface area contributed by atoms with Gasteiger partial charge in [0.1, 0.15) is 24.3 Å². The van der Waals surface area contributed by atoms with Crippen LogP contribution in [0.5, 0.6) is 5.75 Å². The van der Waals surface area contributed by atoms with Gasteiger partial charge in [0.15, 0.2) is 0 Å². The lowest BCUT2D eigenvalue weighted by Crippen LogP contribution is -2.29. The fourth-order valence-corrected chi connectivity index (χ4v) is 2.28. The molecule has 3 aromatic rings. The molecule has 0 saturated heterocycles.